The van der Waals surface area contributed by atoms with Crippen LogP contribution in [0.2, 0.25) is 0 Å². The van der Waals surface area contributed by atoms with E-state index in [9.17, 15) is 4.79 Å². The summed E-state index contributed by atoms with van der Waals surface area (Å²) in [5.74, 6) is 1.83. The molecule has 0 bridgehead atoms. The van der Waals surface area contributed by atoms with Crippen LogP contribution in [0.15, 0.2) is 24.3 Å². The number of hydrogen-bond donors (Lipinski definition) is 0. The summed E-state index contributed by atoms with van der Waals surface area (Å²) in [6.45, 7) is 1.33. The first-order chi connectivity index (χ1) is 14.0. The van der Waals surface area contributed by atoms with E-state index in [1.165, 1.54) is 12.8 Å². The molecule has 29 heavy (non-hydrogen) atoms. The standard InChI is InChI=1S/C21H30N6O2/c1-25(2)21(20-22-23-24-27(20)17-6-4-5-7-17)12-13-26(15-21)19(28)14-16-8-10-18(29-3)11-9-16/h8-11,17H,4-7,12-15H2,1-3H3. The number of aromatic nitrogens is 4. The summed E-state index contributed by atoms with van der Waals surface area (Å²) in [5.41, 5.74) is 0.649. The Morgan fingerprint density at radius 3 is 2.62 bits per heavy atom. The molecule has 2 heterocycles. The van der Waals surface area contributed by atoms with Gasteiger partial charge in [0.2, 0.25) is 5.91 Å². The van der Waals surface area contributed by atoms with E-state index in [-0.39, 0.29) is 11.4 Å². The molecule has 1 aliphatic carbocycles. The van der Waals surface area contributed by atoms with Crippen LogP contribution in [0.5, 0.6) is 5.75 Å². The first-order valence-electron chi connectivity index (χ1n) is 10.4. The molecule has 1 saturated heterocycles. The van der Waals surface area contributed by atoms with E-state index in [0.29, 0.717) is 25.6 Å². The molecule has 0 N–H and O–H groups in total. The van der Waals surface area contributed by atoms with Crippen molar-refractivity contribution in [2.24, 2.45) is 0 Å². The summed E-state index contributed by atoms with van der Waals surface area (Å²) in [6.07, 6.45) is 5.93. The first-order valence-corrected chi connectivity index (χ1v) is 10.4. The second kappa shape index (κ2) is 8.10. The van der Waals surface area contributed by atoms with E-state index >= 15 is 0 Å². The van der Waals surface area contributed by atoms with Crippen molar-refractivity contribution in [3.8, 4) is 5.75 Å². The predicted molar refractivity (Wildman–Crippen MR) is 109 cm³/mol. The van der Waals surface area contributed by atoms with Crippen molar-refractivity contribution in [1.82, 2.24) is 30.0 Å². The Balaban J connectivity index is 1.52. The third-order valence-electron chi connectivity index (χ3n) is 6.55. The number of rotatable bonds is 6. The molecule has 8 heteroatoms. The second-order valence-electron chi connectivity index (χ2n) is 8.40. The molecule has 8 nitrogen and oxygen atoms in total. The van der Waals surface area contributed by atoms with Crippen molar-refractivity contribution in [2.75, 3.05) is 34.3 Å². The fourth-order valence-corrected chi connectivity index (χ4v) is 4.68. The van der Waals surface area contributed by atoms with E-state index < -0.39 is 0 Å². The highest BCUT2D eigenvalue weighted by atomic mass is 16.5. The molecule has 4 rings (SSSR count). The predicted octanol–water partition coefficient (Wildman–Crippen LogP) is 2.03. The molecular formula is C21H30N6O2. The highest BCUT2D eigenvalue weighted by Crippen LogP contribution is 2.38. The van der Waals surface area contributed by atoms with Crippen LogP contribution in [0.4, 0.5) is 0 Å². The minimum atomic E-state index is -0.346. The van der Waals surface area contributed by atoms with Crippen molar-refractivity contribution in [3.05, 3.63) is 35.7 Å². The highest BCUT2D eigenvalue weighted by Gasteiger charge is 2.47. The zero-order valence-electron chi connectivity index (χ0n) is 17.5. The van der Waals surface area contributed by atoms with Crippen molar-refractivity contribution in [1.29, 1.82) is 0 Å². The van der Waals surface area contributed by atoms with Gasteiger partial charge in [0, 0.05) is 13.1 Å². The molecule has 156 valence electrons. The van der Waals surface area contributed by atoms with Crippen LogP contribution < -0.4 is 4.74 Å². The minimum absolute atomic E-state index is 0.138. The van der Waals surface area contributed by atoms with Crippen LogP contribution in [0.1, 0.15) is 49.5 Å². The summed E-state index contributed by atoms with van der Waals surface area (Å²) >= 11 is 0. The Kier molecular flexibility index (Phi) is 5.54. The molecule has 0 radical (unpaired) electrons. The van der Waals surface area contributed by atoms with Crippen LogP contribution in [-0.2, 0) is 16.8 Å². The monoisotopic (exact) mass is 398 g/mol. The molecule has 2 fully saturated rings. The van der Waals surface area contributed by atoms with E-state index in [0.717, 1.165) is 36.4 Å². The first kappa shape index (κ1) is 19.8. The van der Waals surface area contributed by atoms with E-state index in [4.69, 9.17) is 4.74 Å². The van der Waals surface area contributed by atoms with E-state index in [2.05, 4.69) is 34.5 Å². The Hall–Kier alpha value is -2.48. The number of amides is 1. The van der Waals surface area contributed by atoms with Crippen LogP contribution in [-0.4, -0.2) is 70.2 Å². The third kappa shape index (κ3) is 3.73. The molecule has 1 aromatic heterocycles. The minimum Gasteiger partial charge on any atom is -0.497 e. The Labute approximate surface area is 171 Å². The van der Waals surface area contributed by atoms with Gasteiger partial charge in [-0.05, 0) is 61.5 Å². The SMILES string of the molecule is COc1ccc(CC(=O)N2CCC(c3nnnn3C3CCCC3)(N(C)C)C2)cc1. The smallest absolute Gasteiger partial charge is 0.227 e. The number of methoxy groups -OCH3 is 1. The van der Waals surface area contributed by atoms with E-state index in [1.807, 2.05) is 33.8 Å². The number of likely N-dealkylation sites (tertiary alicyclic amines) is 1. The van der Waals surface area contributed by atoms with Gasteiger partial charge in [-0.1, -0.05) is 25.0 Å². The third-order valence-corrected chi connectivity index (χ3v) is 6.55. The molecule has 0 spiro atoms. The van der Waals surface area contributed by atoms with Crippen LogP contribution >= 0.6 is 0 Å². The van der Waals surface area contributed by atoms with Gasteiger partial charge in [-0.2, -0.15) is 0 Å². The molecular weight excluding hydrogens is 368 g/mol. The molecule has 1 saturated carbocycles. The second-order valence-corrected chi connectivity index (χ2v) is 8.40. The zero-order valence-corrected chi connectivity index (χ0v) is 17.5. The van der Waals surface area contributed by atoms with Crippen molar-refractivity contribution in [2.45, 2.75) is 50.1 Å². The summed E-state index contributed by atoms with van der Waals surface area (Å²) in [7, 11) is 5.76. The largest absolute Gasteiger partial charge is 0.497 e. The number of ether oxygens (including phenoxy) is 1. The Bertz CT molecular complexity index is 843. The number of carbonyl (C=O) groups excluding carboxylic acids is 1. The fraction of sp³-hybridized carbons (Fsp3) is 0.619. The van der Waals surface area contributed by atoms with Crippen molar-refractivity contribution in [3.63, 3.8) is 0 Å². The molecule has 1 aromatic carbocycles. The normalized spacial score (nSPS) is 22.6. The summed E-state index contributed by atoms with van der Waals surface area (Å²) < 4.78 is 7.23. The molecule has 2 aliphatic rings. The Morgan fingerprint density at radius 2 is 1.97 bits per heavy atom. The lowest BCUT2D eigenvalue weighted by Gasteiger charge is -2.35. The Morgan fingerprint density at radius 1 is 1.24 bits per heavy atom. The molecule has 1 atom stereocenters. The lowest BCUT2D eigenvalue weighted by atomic mass is 9.95. The van der Waals surface area contributed by atoms with Crippen molar-refractivity contribution >= 4 is 5.91 Å². The van der Waals surface area contributed by atoms with E-state index in [1.54, 1.807) is 7.11 Å². The van der Waals surface area contributed by atoms with Gasteiger partial charge in [0.25, 0.3) is 0 Å². The molecule has 1 unspecified atom stereocenters. The van der Waals surface area contributed by atoms with Crippen LogP contribution in [0.25, 0.3) is 0 Å². The molecule has 2 aromatic rings. The summed E-state index contributed by atoms with van der Waals surface area (Å²) in [5, 5.41) is 12.8. The van der Waals surface area contributed by atoms with Crippen LogP contribution in [0.3, 0.4) is 0 Å². The number of likely N-dealkylation sites (N-methyl/N-ethyl adjacent to an activating group) is 1. The topological polar surface area (TPSA) is 76.4 Å². The van der Waals surface area contributed by atoms with Crippen molar-refractivity contribution < 1.29 is 9.53 Å². The lowest BCUT2D eigenvalue weighted by molar-refractivity contribution is -0.130. The number of carbonyl (C=O) groups is 1. The number of nitrogens with zero attached hydrogens (tertiary/aromatic N) is 6. The molecule has 1 amide bonds. The van der Waals surface area contributed by atoms with Gasteiger partial charge < -0.3 is 9.64 Å². The quantitative estimate of drug-likeness (QED) is 0.741. The summed E-state index contributed by atoms with van der Waals surface area (Å²) in [6, 6.07) is 8.07. The zero-order chi connectivity index (χ0) is 20.4. The number of benzene rings is 1. The maximum atomic E-state index is 13.0. The van der Waals surface area contributed by atoms with Gasteiger partial charge in [-0.15, -0.1) is 5.10 Å². The average molecular weight is 399 g/mol. The van der Waals surface area contributed by atoms with Gasteiger partial charge in [-0.3, -0.25) is 9.69 Å². The van der Waals surface area contributed by atoms with Gasteiger partial charge in [0.1, 0.15) is 11.3 Å². The van der Waals surface area contributed by atoms with Gasteiger partial charge in [0.15, 0.2) is 5.82 Å². The van der Waals surface area contributed by atoms with Gasteiger partial charge in [0.05, 0.1) is 19.6 Å². The van der Waals surface area contributed by atoms with Gasteiger partial charge >= 0.3 is 0 Å². The number of tetrazole rings is 1. The summed E-state index contributed by atoms with van der Waals surface area (Å²) in [4.78, 5) is 17.1. The lowest BCUT2D eigenvalue weighted by Crippen LogP contribution is -2.47. The molecule has 1 aliphatic heterocycles. The highest BCUT2D eigenvalue weighted by molar-refractivity contribution is 5.79. The maximum Gasteiger partial charge on any atom is 0.227 e. The number of hydrogen-bond acceptors (Lipinski definition) is 6. The van der Waals surface area contributed by atoms with Gasteiger partial charge in [-0.25, -0.2) is 4.68 Å². The fourth-order valence-electron chi connectivity index (χ4n) is 4.68. The average Bonchev–Trinajstić information content (AvgIpc) is 3.48. The maximum absolute atomic E-state index is 13.0. The van der Waals surface area contributed by atoms with Crippen LogP contribution in [0, 0.1) is 0 Å².